The fourth-order valence-corrected chi connectivity index (χ4v) is 1.92. The maximum Gasteiger partial charge on any atom is 0.270 e. The number of hydrogen-bond donors (Lipinski definition) is 1. The SMILES string of the molecule is CCCn1cnnc1[C@@H](C)NC(=O)c1cncn1C. The smallest absolute Gasteiger partial charge is 0.270 e. The minimum absolute atomic E-state index is 0.168. The van der Waals surface area contributed by atoms with Crippen molar-refractivity contribution in [2.75, 3.05) is 0 Å². The van der Waals surface area contributed by atoms with E-state index in [0.29, 0.717) is 5.69 Å². The number of carbonyl (C=O) groups excluding carboxylic acids is 1. The Morgan fingerprint density at radius 3 is 2.89 bits per heavy atom. The average molecular weight is 262 g/mol. The van der Waals surface area contributed by atoms with Gasteiger partial charge in [-0.15, -0.1) is 10.2 Å². The minimum Gasteiger partial charge on any atom is -0.341 e. The molecule has 0 saturated heterocycles. The first-order chi connectivity index (χ1) is 9.13. The van der Waals surface area contributed by atoms with Gasteiger partial charge in [-0.3, -0.25) is 4.79 Å². The van der Waals surface area contributed by atoms with Crippen molar-refractivity contribution in [3.8, 4) is 0 Å². The molecule has 0 aliphatic rings. The summed E-state index contributed by atoms with van der Waals surface area (Å²) in [6.45, 7) is 4.82. The average Bonchev–Trinajstić information content (AvgIpc) is 2.98. The minimum atomic E-state index is -0.198. The van der Waals surface area contributed by atoms with E-state index in [1.165, 1.54) is 0 Å². The van der Waals surface area contributed by atoms with Gasteiger partial charge in [0.25, 0.3) is 5.91 Å². The van der Waals surface area contributed by atoms with E-state index in [2.05, 4.69) is 27.4 Å². The molecule has 7 nitrogen and oxygen atoms in total. The van der Waals surface area contributed by atoms with Gasteiger partial charge < -0.3 is 14.5 Å². The van der Waals surface area contributed by atoms with Gasteiger partial charge in [0, 0.05) is 13.6 Å². The maximum absolute atomic E-state index is 12.1. The molecule has 0 aliphatic carbocycles. The number of hydrogen-bond acceptors (Lipinski definition) is 4. The van der Waals surface area contributed by atoms with Gasteiger partial charge in [-0.25, -0.2) is 4.98 Å². The summed E-state index contributed by atoms with van der Waals surface area (Å²) >= 11 is 0. The fraction of sp³-hybridized carbons (Fsp3) is 0.500. The highest BCUT2D eigenvalue weighted by molar-refractivity contribution is 5.92. The first-order valence-corrected chi connectivity index (χ1v) is 6.28. The molecule has 0 aromatic carbocycles. The summed E-state index contributed by atoms with van der Waals surface area (Å²) in [6.07, 6.45) is 5.82. The molecule has 0 unspecified atom stereocenters. The number of aryl methyl sites for hydroxylation is 2. The lowest BCUT2D eigenvalue weighted by molar-refractivity contribution is 0.0929. The van der Waals surface area contributed by atoms with Gasteiger partial charge in [-0.2, -0.15) is 0 Å². The second-order valence-corrected chi connectivity index (χ2v) is 4.47. The number of aromatic nitrogens is 5. The van der Waals surface area contributed by atoms with Crippen LogP contribution in [0.3, 0.4) is 0 Å². The van der Waals surface area contributed by atoms with E-state index in [4.69, 9.17) is 0 Å². The van der Waals surface area contributed by atoms with Gasteiger partial charge in [0.05, 0.1) is 18.6 Å². The van der Waals surface area contributed by atoms with Crippen molar-refractivity contribution in [3.63, 3.8) is 0 Å². The van der Waals surface area contributed by atoms with Crippen LogP contribution in [-0.4, -0.2) is 30.2 Å². The van der Waals surface area contributed by atoms with Crippen molar-refractivity contribution >= 4 is 5.91 Å². The summed E-state index contributed by atoms with van der Waals surface area (Å²) in [4.78, 5) is 16.0. The van der Waals surface area contributed by atoms with Crippen molar-refractivity contribution in [2.45, 2.75) is 32.9 Å². The van der Waals surface area contributed by atoms with E-state index < -0.39 is 0 Å². The lowest BCUT2D eigenvalue weighted by Gasteiger charge is -2.14. The predicted molar refractivity (Wildman–Crippen MR) is 69.4 cm³/mol. The summed E-state index contributed by atoms with van der Waals surface area (Å²) in [5.74, 6) is 0.593. The molecule has 0 fully saturated rings. The lowest BCUT2D eigenvalue weighted by Crippen LogP contribution is -2.30. The van der Waals surface area contributed by atoms with Crippen molar-refractivity contribution in [1.29, 1.82) is 0 Å². The maximum atomic E-state index is 12.1. The Bertz CT molecular complexity index is 558. The standard InChI is InChI=1S/C12H18N6O/c1-4-5-18-8-14-16-11(18)9(2)15-12(19)10-6-13-7-17(10)3/h6-9H,4-5H2,1-3H3,(H,15,19)/t9-/m1/s1. The van der Waals surface area contributed by atoms with Gasteiger partial charge in [0.2, 0.25) is 0 Å². The van der Waals surface area contributed by atoms with E-state index in [0.717, 1.165) is 18.8 Å². The summed E-state index contributed by atoms with van der Waals surface area (Å²) < 4.78 is 3.63. The zero-order valence-corrected chi connectivity index (χ0v) is 11.4. The van der Waals surface area contributed by atoms with Crippen LogP contribution in [0.2, 0.25) is 0 Å². The van der Waals surface area contributed by atoms with Crippen LogP contribution in [0.15, 0.2) is 18.9 Å². The Hall–Kier alpha value is -2.18. The first kappa shape index (κ1) is 13.3. The van der Waals surface area contributed by atoms with Crippen LogP contribution in [0.25, 0.3) is 0 Å². The second-order valence-electron chi connectivity index (χ2n) is 4.47. The molecule has 2 aromatic rings. The van der Waals surface area contributed by atoms with Crippen LogP contribution in [0.4, 0.5) is 0 Å². The van der Waals surface area contributed by atoms with E-state index in [-0.39, 0.29) is 11.9 Å². The van der Waals surface area contributed by atoms with Crippen LogP contribution in [0.1, 0.15) is 42.6 Å². The largest absolute Gasteiger partial charge is 0.341 e. The quantitative estimate of drug-likeness (QED) is 0.869. The lowest BCUT2D eigenvalue weighted by atomic mass is 10.3. The molecule has 7 heteroatoms. The molecule has 2 aromatic heterocycles. The van der Waals surface area contributed by atoms with E-state index in [1.807, 2.05) is 11.5 Å². The monoisotopic (exact) mass is 262 g/mol. The van der Waals surface area contributed by atoms with Crippen molar-refractivity contribution in [2.24, 2.45) is 7.05 Å². The predicted octanol–water partition coefficient (Wildman–Crippen LogP) is 0.913. The van der Waals surface area contributed by atoms with Crippen LogP contribution < -0.4 is 5.32 Å². The zero-order valence-electron chi connectivity index (χ0n) is 11.4. The fourth-order valence-electron chi connectivity index (χ4n) is 1.92. The molecule has 1 N–H and O–H groups in total. The Kier molecular flexibility index (Phi) is 3.94. The number of nitrogens with zero attached hydrogens (tertiary/aromatic N) is 5. The summed E-state index contributed by atoms with van der Waals surface area (Å²) in [5, 5.41) is 10.9. The highest BCUT2D eigenvalue weighted by Crippen LogP contribution is 2.10. The van der Waals surface area contributed by atoms with Crippen LogP contribution in [-0.2, 0) is 13.6 Å². The third-order valence-corrected chi connectivity index (χ3v) is 2.89. The van der Waals surface area contributed by atoms with Gasteiger partial charge in [0.1, 0.15) is 12.0 Å². The summed E-state index contributed by atoms with van der Waals surface area (Å²) in [6, 6.07) is -0.198. The molecule has 0 spiro atoms. The van der Waals surface area contributed by atoms with Crippen molar-refractivity contribution in [3.05, 3.63) is 30.4 Å². The molecule has 2 heterocycles. The molecule has 0 saturated carbocycles. The van der Waals surface area contributed by atoms with E-state index in [9.17, 15) is 4.79 Å². The summed E-state index contributed by atoms with van der Waals surface area (Å²) in [7, 11) is 1.78. The summed E-state index contributed by atoms with van der Waals surface area (Å²) in [5.41, 5.74) is 0.522. The van der Waals surface area contributed by atoms with Gasteiger partial charge in [0.15, 0.2) is 5.82 Å². The molecule has 102 valence electrons. The Labute approximate surface area is 111 Å². The number of carbonyl (C=O) groups is 1. The van der Waals surface area contributed by atoms with Crippen LogP contribution >= 0.6 is 0 Å². The molecular weight excluding hydrogens is 244 g/mol. The topological polar surface area (TPSA) is 77.6 Å². The number of rotatable bonds is 5. The third-order valence-electron chi connectivity index (χ3n) is 2.89. The Balaban J connectivity index is 2.08. The molecule has 0 bridgehead atoms. The molecule has 1 atom stereocenters. The van der Waals surface area contributed by atoms with Crippen LogP contribution in [0.5, 0.6) is 0 Å². The molecule has 19 heavy (non-hydrogen) atoms. The Morgan fingerprint density at radius 2 is 2.26 bits per heavy atom. The zero-order chi connectivity index (χ0) is 13.8. The van der Waals surface area contributed by atoms with E-state index >= 15 is 0 Å². The van der Waals surface area contributed by atoms with Gasteiger partial charge >= 0.3 is 0 Å². The second kappa shape index (κ2) is 5.64. The highest BCUT2D eigenvalue weighted by atomic mass is 16.2. The third kappa shape index (κ3) is 2.81. The molecule has 0 aliphatic heterocycles. The molecule has 0 radical (unpaired) electrons. The van der Waals surface area contributed by atoms with Gasteiger partial charge in [-0.05, 0) is 13.3 Å². The van der Waals surface area contributed by atoms with E-state index in [1.54, 1.807) is 30.5 Å². The molecule has 2 rings (SSSR count). The Morgan fingerprint density at radius 1 is 1.47 bits per heavy atom. The number of imidazole rings is 1. The first-order valence-electron chi connectivity index (χ1n) is 6.28. The molecule has 1 amide bonds. The van der Waals surface area contributed by atoms with Gasteiger partial charge in [-0.1, -0.05) is 6.92 Å². The van der Waals surface area contributed by atoms with Crippen LogP contribution in [0, 0.1) is 0 Å². The normalized spacial score (nSPS) is 12.4. The van der Waals surface area contributed by atoms with Crippen molar-refractivity contribution < 1.29 is 4.79 Å². The highest BCUT2D eigenvalue weighted by Gasteiger charge is 2.17. The molecular formula is C12H18N6O. The van der Waals surface area contributed by atoms with Crippen molar-refractivity contribution in [1.82, 2.24) is 29.6 Å². The number of amides is 1. The number of nitrogens with one attached hydrogen (secondary N) is 1.